The van der Waals surface area contributed by atoms with E-state index in [1.807, 2.05) is 48.5 Å². The largest absolute Gasteiger partial charge is 0.488 e. The number of ketones is 2. The summed E-state index contributed by atoms with van der Waals surface area (Å²) in [6.07, 6.45) is 0. The van der Waals surface area contributed by atoms with Crippen LogP contribution in [0.2, 0.25) is 10.0 Å². The molecule has 0 spiro atoms. The summed E-state index contributed by atoms with van der Waals surface area (Å²) < 4.78 is 11.4. The number of nitrogens with one attached hydrogen (secondary N) is 2. The number of allylic oxidation sites excluding steroid dienone is 2. The zero-order valence-electron chi connectivity index (χ0n) is 70.4. The Kier molecular flexibility index (Phi) is 40.9. The van der Waals surface area contributed by atoms with Crippen LogP contribution in [0.1, 0.15) is 20.7 Å². The fourth-order valence-electron chi connectivity index (χ4n) is 13.5. The standard InChI is InChI=1S/C19H15ClN2O2.4C18H15P.C13H11BrN2O2.C6H6BClO2.Pd/c20-16-7-5-14(6-8-16)13-1-3-15(4-2-13)19(23)17(11-21)18-12-24-10-9-22-18;4*1-4-10-16(11-5-1)19(17-12-6-2-7-13-17)18-14-8-3-9-15-18;14-10-3-1-9(2-4-10)13(17)11(7-15)12-8-18-6-5-16-12;8-6-3-1-5(2-4-6)7(9)10;/h1-8,22H,9-10,12H2;4*1-15H;1-4,16H,5-6,8H2;1-4,9-10H;/b18-17-;;;;;12-11-;;. The molecule has 16 aromatic carbocycles. The van der Waals surface area contributed by atoms with Gasteiger partial charge >= 0.3 is 7.12 Å². The van der Waals surface area contributed by atoms with Crippen molar-refractivity contribution in [1.29, 1.82) is 10.5 Å². The van der Waals surface area contributed by atoms with Crippen LogP contribution in [0.15, 0.2) is 488 Å². The van der Waals surface area contributed by atoms with Crippen molar-refractivity contribution in [3.05, 3.63) is 509 Å². The third-order valence-electron chi connectivity index (χ3n) is 19.7. The van der Waals surface area contributed by atoms with Gasteiger partial charge in [-0.1, -0.05) is 452 Å². The molecule has 2 heterocycles. The van der Waals surface area contributed by atoms with E-state index in [0.717, 1.165) is 15.6 Å². The van der Waals surface area contributed by atoms with Gasteiger partial charge in [-0.2, -0.15) is 10.5 Å². The van der Waals surface area contributed by atoms with E-state index in [4.69, 9.17) is 48.0 Å². The number of nitrogens with zero attached hydrogens (tertiary/aromatic N) is 2. The minimum atomic E-state index is -1.41. The van der Waals surface area contributed by atoms with Crippen LogP contribution in [0, 0.1) is 22.7 Å². The number of rotatable bonds is 18. The molecule has 2 fully saturated rings. The molecule has 0 radical (unpaired) electrons. The van der Waals surface area contributed by atoms with Crippen molar-refractivity contribution >= 4 is 159 Å². The number of hydrogen-bond acceptors (Lipinski definition) is 10. The average Bonchev–Trinajstić information content (AvgIpc) is 0.828. The Morgan fingerprint density at radius 3 is 0.682 bits per heavy atom. The first-order valence-electron chi connectivity index (χ1n) is 41.4. The molecule has 2 saturated heterocycles. The number of hydrogen-bond donors (Lipinski definition) is 4. The van der Waals surface area contributed by atoms with Gasteiger partial charge in [0.2, 0.25) is 11.6 Å². The van der Waals surface area contributed by atoms with Crippen molar-refractivity contribution in [3.63, 3.8) is 0 Å². The Labute approximate surface area is 794 Å². The van der Waals surface area contributed by atoms with E-state index in [9.17, 15) is 14.9 Å². The summed E-state index contributed by atoms with van der Waals surface area (Å²) in [5.41, 5.74) is 4.76. The molecule has 0 aliphatic carbocycles. The molecule has 10 nitrogen and oxygen atoms in total. The first-order valence-corrected chi connectivity index (χ1v) is 48.4. The maximum Gasteiger partial charge on any atom is 0.488 e. The molecule has 129 heavy (non-hydrogen) atoms. The van der Waals surface area contributed by atoms with Crippen molar-refractivity contribution < 1.29 is 49.5 Å². The van der Waals surface area contributed by atoms with Gasteiger partial charge in [-0.25, -0.2) is 0 Å². The zero-order chi connectivity index (χ0) is 89.1. The van der Waals surface area contributed by atoms with Crippen LogP contribution in [-0.4, -0.2) is 68.2 Å². The topological polar surface area (TPSA) is 165 Å². The van der Waals surface area contributed by atoms with Crippen molar-refractivity contribution in [2.45, 2.75) is 0 Å². The Hall–Kier alpha value is -11.7. The number of Topliss-reactive ketones (excluding diaryl/α,β-unsaturated/α-hetero) is 2. The number of nitriles is 2. The Bertz CT molecular complexity index is 5310. The van der Waals surface area contributed by atoms with Crippen LogP contribution in [0.3, 0.4) is 0 Å². The van der Waals surface area contributed by atoms with Crippen LogP contribution in [-0.2, 0) is 29.9 Å². The van der Waals surface area contributed by atoms with Gasteiger partial charge in [0, 0.05) is 59.2 Å². The van der Waals surface area contributed by atoms with Crippen molar-refractivity contribution in [2.75, 3.05) is 39.5 Å². The van der Waals surface area contributed by atoms with Crippen LogP contribution in [0.4, 0.5) is 0 Å². The van der Waals surface area contributed by atoms with Crippen molar-refractivity contribution in [2.24, 2.45) is 0 Å². The molecule has 2 aliphatic heterocycles. The van der Waals surface area contributed by atoms with Crippen LogP contribution in [0.25, 0.3) is 11.1 Å². The molecule has 4 N–H and O–H groups in total. The van der Waals surface area contributed by atoms with Gasteiger partial charge in [-0.3, -0.25) is 9.59 Å². The van der Waals surface area contributed by atoms with E-state index in [-0.39, 0.29) is 56.3 Å². The number of halogens is 3. The number of carbonyl (C=O) groups excluding carboxylic acids is 2. The molecular formula is C110H92BBrCl2N4O6P4Pd. The van der Waals surface area contributed by atoms with Gasteiger partial charge in [0.15, 0.2) is 0 Å². The van der Waals surface area contributed by atoms with Gasteiger partial charge in [0.05, 0.1) is 37.8 Å². The molecule has 642 valence electrons. The smallest absolute Gasteiger partial charge is 0.423 e. The third-order valence-corrected chi connectivity index (χ3v) is 30.5. The summed E-state index contributed by atoms with van der Waals surface area (Å²) in [6, 6.07) is 161. The number of carbonyl (C=O) groups is 2. The fraction of sp³-hybridized carbons (Fsp3) is 0.0545. The van der Waals surface area contributed by atoms with Crippen molar-refractivity contribution in [3.8, 4) is 23.3 Å². The van der Waals surface area contributed by atoms with E-state index >= 15 is 0 Å². The molecule has 0 unspecified atom stereocenters. The molecular weight excluding hydrogens is 1870 g/mol. The molecule has 0 bridgehead atoms. The van der Waals surface area contributed by atoms with E-state index in [1.165, 1.54) is 63.7 Å². The zero-order valence-corrected chi connectivity index (χ0v) is 78.6. The monoisotopic (exact) mass is 1950 g/mol. The molecule has 19 heteroatoms. The first-order chi connectivity index (χ1) is 62.9. The normalized spacial score (nSPS) is 12.4. The fourth-order valence-corrected chi connectivity index (χ4v) is 23.3. The summed E-state index contributed by atoms with van der Waals surface area (Å²) in [5, 5.41) is 59.9. The van der Waals surface area contributed by atoms with E-state index < -0.39 is 38.8 Å². The molecule has 16 aromatic rings. The number of benzene rings is 16. The molecule has 0 atom stereocenters. The summed E-state index contributed by atoms with van der Waals surface area (Å²) in [4.78, 5) is 24.8. The second-order valence-electron chi connectivity index (χ2n) is 28.4. The predicted molar refractivity (Wildman–Crippen MR) is 544 cm³/mol. The summed E-state index contributed by atoms with van der Waals surface area (Å²) in [7, 11) is -3.19. The van der Waals surface area contributed by atoms with Gasteiger partial charge in [-0.05, 0) is 160 Å². The third kappa shape index (κ3) is 30.2. The van der Waals surface area contributed by atoms with Gasteiger partial charge in [-0.15, -0.1) is 0 Å². The quantitative estimate of drug-likeness (QED) is 0.0214. The Morgan fingerprint density at radius 2 is 0.496 bits per heavy atom. The second kappa shape index (κ2) is 53.9. The molecule has 0 aromatic heterocycles. The Balaban J connectivity index is 0.000000147. The minimum absolute atomic E-state index is 0. The summed E-state index contributed by atoms with van der Waals surface area (Å²) >= 11 is 14.8. The Morgan fingerprint density at radius 1 is 0.302 bits per heavy atom. The van der Waals surface area contributed by atoms with E-state index in [1.54, 1.807) is 60.7 Å². The van der Waals surface area contributed by atoms with Gasteiger partial charge in [0.1, 0.15) is 23.3 Å². The molecule has 18 rings (SSSR count). The van der Waals surface area contributed by atoms with E-state index in [2.05, 4.69) is 391 Å². The van der Waals surface area contributed by atoms with Gasteiger partial charge in [0.25, 0.3) is 0 Å². The van der Waals surface area contributed by atoms with E-state index in [0.29, 0.717) is 64.3 Å². The molecule has 2 aliphatic rings. The number of ether oxygens (including phenoxy) is 2. The van der Waals surface area contributed by atoms with Crippen LogP contribution >= 0.6 is 70.8 Å². The maximum absolute atomic E-state index is 12.6. The number of morpholine rings is 2. The predicted octanol–water partition coefficient (Wildman–Crippen LogP) is 19.4. The van der Waals surface area contributed by atoms with Gasteiger partial charge < -0.3 is 30.2 Å². The summed E-state index contributed by atoms with van der Waals surface area (Å²) in [6.45, 7) is 2.93. The molecule has 0 amide bonds. The minimum Gasteiger partial charge on any atom is -0.423 e. The summed E-state index contributed by atoms with van der Waals surface area (Å²) in [5.74, 6) is -0.578. The van der Waals surface area contributed by atoms with Crippen molar-refractivity contribution in [1.82, 2.24) is 10.6 Å². The van der Waals surface area contributed by atoms with Crippen LogP contribution in [0.5, 0.6) is 0 Å². The maximum atomic E-state index is 12.6. The average molecular weight is 1960 g/mol. The molecule has 0 saturated carbocycles. The first kappa shape index (κ1) is 97.9. The second-order valence-corrected chi connectivity index (χ2v) is 39.1. The SMILES string of the molecule is N#C/C(C(=O)c1ccc(-c2ccc(Cl)cc2)cc1)=C1\COCCN1.N#C/C(C(=O)c1ccc(Br)cc1)=C1\COCCN1.OB(O)c1ccc(Cl)cc1.[Pd].c1ccc(P(c2ccccc2)c2ccccc2)cc1.c1ccc(P(c2ccccc2)c2ccccc2)cc1.c1ccc(P(c2ccccc2)c2ccccc2)cc1.c1ccc(P(c2ccccc2)c2ccccc2)cc1. The van der Waals surface area contributed by atoms with Crippen LogP contribution < -0.4 is 79.8 Å².